The lowest BCUT2D eigenvalue weighted by Gasteiger charge is -2.47. The van der Waals surface area contributed by atoms with E-state index < -0.39 is 10.1 Å². The van der Waals surface area contributed by atoms with E-state index in [1.54, 1.807) is 13.2 Å². The van der Waals surface area contributed by atoms with Crippen LogP contribution in [0.25, 0.3) is 0 Å². The fourth-order valence-corrected chi connectivity index (χ4v) is 8.64. The zero-order chi connectivity index (χ0) is 31.8. The SMILES string of the molecule is COC(=O)c1ccc2c(c1)N(C[C@@H]1CC[C@H]1C(OC)C1=CC[C@@H](COS(C)(=O)=O)CC1)C[C@@]1(CCCc3cc(Cl)ccc31)CO2. The van der Waals surface area contributed by atoms with E-state index in [1.165, 1.54) is 23.8 Å². The molecule has 244 valence electrons. The largest absolute Gasteiger partial charge is 0.490 e. The molecule has 2 aromatic carbocycles. The second-order valence-corrected chi connectivity index (χ2v) is 15.4. The van der Waals surface area contributed by atoms with E-state index >= 15 is 0 Å². The number of aryl methyl sites for hydroxylation is 1. The molecule has 0 N–H and O–H groups in total. The summed E-state index contributed by atoms with van der Waals surface area (Å²) in [5.74, 6) is 1.40. The van der Waals surface area contributed by atoms with Crippen molar-refractivity contribution in [2.75, 3.05) is 51.7 Å². The lowest BCUT2D eigenvalue weighted by molar-refractivity contribution is 0.00284. The number of halogens is 1. The van der Waals surface area contributed by atoms with Crippen LogP contribution in [-0.4, -0.2) is 67.3 Å². The van der Waals surface area contributed by atoms with E-state index in [1.807, 2.05) is 18.2 Å². The first-order valence-electron chi connectivity index (χ1n) is 16.0. The Balaban J connectivity index is 1.26. The maximum Gasteiger partial charge on any atom is 0.337 e. The molecule has 1 spiro atoms. The van der Waals surface area contributed by atoms with Crippen molar-refractivity contribution in [1.82, 2.24) is 0 Å². The predicted molar refractivity (Wildman–Crippen MR) is 175 cm³/mol. The van der Waals surface area contributed by atoms with Crippen LogP contribution < -0.4 is 9.64 Å². The van der Waals surface area contributed by atoms with Crippen molar-refractivity contribution in [3.63, 3.8) is 0 Å². The van der Waals surface area contributed by atoms with Gasteiger partial charge in [0.15, 0.2) is 0 Å². The van der Waals surface area contributed by atoms with E-state index in [4.69, 9.17) is 30.0 Å². The van der Waals surface area contributed by atoms with Crippen LogP contribution in [-0.2, 0) is 35.6 Å². The molecule has 1 aliphatic heterocycles. The number of carbonyl (C=O) groups excluding carboxylic acids is 1. The first-order valence-corrected chi connectivity index (χ1v) is 18.2. The Morgan fingerprint density at radius 1 is 1.13 bits per heavy atom. The molecule has 2 aromatic rings. The molecule has 0 saturated heterocycles. The summed E-state index contributed by atoms with van der Waals surface area (Å²) < 4.78 is 45.9. The van der Waals surface area contributed by atoms with Crippen molar-refractivity contribution in [3.05, 3.63) is 69.8 Å². The monoisotopic (exact) mass is 657 g/mol. The van der Waals surface area contributed by atoms with Crippen molar-refractivity contribution in [3.8, 4) is 5.75 Å². The number of allylic oxidation sites excluding steroid dienone is 1. The van der Waals surface area contributed by atoms with Crippen LogP contribution in [0.3, 0.4) is 0 Å². The molecule has 0 radical (unpaired) electrons. The number of carbonyl (C=O) groups is 1. The number of rotatable bonds is 9. The summed E-state index contributed by atoms with van der Waals surface area (Å²) in [5.41, 5.74) is 5.16. The molecule has 8 nitrogen and oxygen atoms in total. The minimum Gasteiger partial charge on any atom is -0.490 e. The number of hydrogen-bond acceptors (Lipinski definition) is 8. The van der Waals surface area contributed by atoms with E-state index in [-0.39, 0.29) is 30.0 Å². The number of anilines is 1. The zero-order valence-electron chi connectivity index (χ0n) is 26.4. The van der Waals surface area contributed by atoms with E-state index in [0.717, 1.165) is 87.2 Å². The quantitative estimate of drug-likeness (QED) is 0.175. The van der Waals surface area contributed by atoms with Crippen LogP contribution in [0.4, 0.5) is 5.69 Å². The average molecular weight is 658 g/mol. The molecule has 0 bridgehead atoms. The average Bonchev–Trinajstić information content (AvgIpc) is 3.17. The highest BCUT2D eigenvalue weighted by atomic mass is 35.5. The highest BCUT2D eigenvalue weighted by molar-refractivity contribution is 7.85. The second-order valence-electron chi connectivity index (χ2n) is 13.3. The molecule has 1 fully saturated rings. The summed E-state index contributed by atoms with van der Waals surface area (Å²) in [5, 5.41) is 0.761. The standard InChI is InChI=1S/C35H44ClNO7S/c1-41-33(24-8-6-23(7-9-24)20-44-45(3,39)40)29-13-10-27(29)19-37-21-35(16-4-5-25-17-28(36)12-14-30(25)35)22-43-32-15-11-26(18-31(32)37)34(38)42-2/h8,11-12,14-15,17-18,23,27,29,33H,4-7,9-10,13,16,19-22H2,1-3H3/t23-,27+,29-,33?,35+/m1/s1. The molecule has 0 aromatic heterocycles. The van der Waals surface area contributed by atoms with Gasteiger partial charge < -0.3 is 19.1 Å². The van der Waals surface area contributed by atoms with Gasteiger partial charge in [-0.3, -0.25) is 4.18 Å². The van der Waals surface area contributed by atoms with Gasteiger partial charge in [-0.05, 0) is 116 Å². The molecule has 6 rings (SSSR count). The number of methoxy groups -OCH3 is 2. The highest BCUT2D eigenvalue weighted by Crippen LogP contribution is 2.48. The zero-order valence-corrected chi connectivity index (χ0v) is 28.0. The highest BCUT2D eigenvalue weighted by Gasteiger charge is 2.45. The number of ether oxygens (including phenoxy) is 3. The van der Waals surface area contributed by atoms with Gasteiger partial charge in [0.2, 0.25) is 0 Å². The summed E-state index contributed by atoms with van der Waals surface area (Å²) in [4.78, 5) is 15.0. The third-order valence-electron chi connectivity index (χ3n) is 10.5. The summed E-state index contributed by atoms with van der Waals surface area (Å²) >= 11 is 6.43. The molecule has 45 heavy (non-hydrogen) atoms. The van der Waals surface area contributed by atoms with Gasteiger partial charge in [-0.2, -0.15) is 8.42 Å². The van der Waals surface area contributed by atoms with Gasteiger partial charge in [-0.15, -0.1) is 0 Å². The maximum absolute atomic E-state index is 12.6. The molecule has 1 saturated carbocycles. The minimum absolute atomic E-state index is 0.0242. The summed E-state index contributed by atoms with van der Waals surface area (Å²) in [6, 6.07) is 11.9. The van der Waals surface area contributed by atoms with Gasteiger partial charge in [-0.25, -0.2) is 4.79 Å². The first-order chi connectivity index (χ1) is 21.6. The Hall–Kier alpha value is -2.59. The third kappa shape index (κ3) is 6.92. The molecule has 1 heterocycles. The van der Waals surface area contributed by atoms with E-state index in [2.05, 4.69) is 23.1 Å². The second kappa shape index (κ2) is 13.3. The first kappa shape index (κ1) is 32.4. The van der Waals surface area contributed by atoms with Gasteiger partial charge in [0.1, 0.15) is 5.75 Å². The number of nitrogens with zero attached hydrogens (tertiary/aromatic N) is 1. The lowest BCUT2D eigenvalue weighted by atomic mass is 9.66. The fourth-order valence-electron chi connectivity index (χ4n) is 8.00. The molecule has 10 heteroatoms. The molecule has 3 aliphatic carbocycles. The van der Waals surface area contributed by atoms with Crippen LogP contribution in [0.5, 0.6) is 5.75 Å². The Morgan fingerprint density at radius 3 is 2.67 bits per heavy atom. The molecular formula is C35H44ClNO7S. The van der Waals surface area contributed by atoms with Crippen molar-refractivity contribution in [1.29, 1.82) is 0 Å². The van der Waals surface area contributed by atoms with Crippen LogP contribution in [0.1, 0.15) is 66.4 Å². The number of hydrogen-bond donors (Lipinski definition) is 0. The molecule has 0 amide bonds. The van der Waals surface area contributed by atoms with Gasteiger partial charge in [0.25, 0.3) is 10.1 Å². The predicted octanol–water partition coefficient (Wildman–Crippen LogP) is 6.34. The van der Waals surface area contributed by atoms with Crippen LogP contribution in [0.2, 0.25) is 5.02 Å². The third-order valence-corrected chi connectivity index (χ3v) is 11.3. The fraction of sp³-hybridized carbons (Fsp3) is 0.571. The maximum atomic E-state index is 12.6. The van der Waals surface area contributed by atoms with E-state index in [9.17, 15) is 13.2 Å². The van der Waals surface area contributed by atoms with Crippen molar-refractivity contribution in [2.45, 2.75) is 62.9 Å². The Morgan fingerprint density at radius 2 is 1.98 bits per heavy atom. The minimum atomic E-state index is -3.44. The lowest BCUT2D eigenvalue weighted by Crippen LogP contribution is -2.50. The number of esters is 1. The summed E-state index contributed by atoms with van der Waals surface area (Å²) in [7, 11) is -0.229. The number of benzene rings is 2. The Bertz CT molecular complexity index is 1560. The van der Waals surface area contributed by atoms with Gasteiger partial charge in [0, 0.05) is 30.6 Å². The normalized spacial score (nSPS) is 26.9. The Kier molecular flexibility index (Phi) is 9.53. The van der Waals surface area contributed by atoms with Gasteiger partial charge in [-0.1, -0.05) is 23.7 Å². The van der Waals surface area contributed by atoms with Crippen molar-refractivity contribution < 1.29 is 31.6 Å². The van der Waals surface area contributed by atoms with Gasteiger partial charge in [0.05, 0.1) is 43.9 Å². The van der Waals surface area contributed by atoms with E-state index in [0.29, 0.717) is 24.0 Å². The molecular weight excluding hydrogens is 614 g/mol. The van der Waals surface area contributed by atoms with Crippen LogP contribution >= 0.6 is 11.6 Å². The number of fused-ring (bicyclic) bond motifs is 3. The smallest absolute Gasteiger partial charge is 0.337 e. The Labute approximate surface area is 272 Å². The molecule has 1 unspecified atom stereocenters. The summed E-state index contributed by atoms with van der Waals surface area (Å²) in [6.45, 7) is 2.40. The van der Waals surface area contributed by atoms with Gasteiger partial charge >= 0.3 is 5.97 Å². The summed E-state index contributed by atoms with van der Waals surface area (Å²) in [6.07, 6.45) is 11.2. The van der Waals surface area contributed by atoms with Crippen LogP contribution in [0, 0.1) is 17.8 Å². The topological polar surface area (TPSA) is 91.4 Å². The van der Waals surface area contributed by atoms with Crippen molar-refractivity contribution in [2.24, 2.45) is 17.8 Å². The molecule has 5 atom stereocenters. The molecule has 4 aliphatic rings. The van der Waals surface area contributed by atoms with Crippen LogP contribution in [0.15, 0.2) is 48.0 Å². The van der Waals surface area contributed by atoms with Crippen molar-refractivity contribution >= 4 is 33.4 Å².